The molecular formula is C28H33N3O5. The Hall–Kier alpha value is -3.62. The number of hydrogen-bond donors (Lipinski definition) is 0. The van der Waals surface area contributed by atoms with E-state index in [9.17, 15) is 9.59 Å². The molecule has 1 aromatic heterocycles. The Kier molecular flexibility index (Phi) is 9.13. The van der Waals surface area contributed by atoms with E-state index in [0.29, 0.717) is 56.5 Å². The van der Waals surface area contributed by atoms with E-state index in [-0.39, 0.29) is 18.4 Å². The molecule has 1 aliphatic rings. The van der Waals surface area contributed by atoms with E-state index in [1.54, 1.807) is 47.4 Å². The standard InChI is InChI=1S/C28H33N3O5/c1-34-26-12-6-5-11-25(26)28(33)30(14-13-29-15-18-35-19-16-29)22-27(32)31(21-24-10-7-17-36-24)20-23-8-3-2-4-9-23/h2-12,17H,13-16,18-22H2,1H3. The molecule has 0 unspecified atom stereocenters. The summed E-state index contributed by atoms with van der Waals surface area (Å²) in [7, 11) is 1.54. The largest absolute Gasteiger partial charge is 0.496 e. The number of carbonyl (C=O) groups excluding carboxylic acids is 2. The molecule has 8 nitrogen and oxygen atoms in total. The molecule has 4 rings (SSSR count). The van der Waals surface area contributed by atoms with Gasteiger partial charge in [-0.2, -0.15) is 0 Å². The van der Waals surface area contributed by atoms with Crippen LogP contribution in [-0.4, -0.2) is 79.6 Å². The molecule has 1 aliphatic heterocycles. The Morgan fingerprint density at radius 3 is 2.39 bits per heavy atom. The number of para-hydroxylation sites is 1. The number of furan rings is 1. The summed E-state index contributed by atoms with van der Waals surface area (Å²) in [5.74, 6) is 0.797. The quantitative estimate of drug-likeness (QED) is 0.410. The van der Waals surface area contributed by atoms with Crippen LogP contribution in [-0.2, 0) is 22.6 Å². The molecule has 8 heteroatoms. The van der Waals surface area contributed by atoms with Crippen molar-refractivity contribution in [2.45, 2.75) is 13.1 Å². The molecule has 0 N–H and O–H groups in total. The van der Waals surface area contributed by atoms with Crippen molar-refractivity contribution in [2.75, 3.05) is 53.0 Å². The zero-order valence-electron chi connectivity index (χ0n) is 20.7. The first-order valence-corrected chi connectivity index (χ1v) is 12.2. The number of amides is 2. The summed E-state index contributed by atoms with van der Waals surface area (Å²) in [6.45, 7) is 4.74. The highest BCUT2D eigenvalue weighted by Gasteiger charge is 2.26. The van der Waals surface area contributed by atoms with Gasteiger partial charge < -0.3 is 23.7 Å². The molecule has 0 atom stereocenters. The van der Waals surface area contributed by atoms with Crippen molar-refractivity contribution in [1.29, 1.82) is 0 Å². The molecule has 2 amide bonds. The summed E-state index contributed by atoms with van der Waals surface area (Å²) in [4.78, 5) is 32.9. The van der Waals surface area contributed by atoms with E-state index in [1.807, 2.05) is 42.5 Å². The molecule has 0 radical (unpaired) electrons. The number of benzene rings is 2. The van der Waals surface area contributed by atoms with Crippen molar-refractivity contribution in [2.24, 2.45) is 0 Å². The maximum Gasteiger partial charge on any atom is 0.258 e. The maximum absolute atomic E-state index is 13.7. The minimum atomic E-state index is -0.230. The summed E-state index contributed by atoms with van der Waals surface area (Å²) in [6, 6.07) is 20.6. The Balaban J connectivity index is 1.54. The number of rotatable bonds is 11. The van der Waals surface area contributed by atoms with Gasteiger partial charge in [-0.3, -0.25) is 14.5 Å². The Morgan fingerprint density at radius 1 is 0.917 bits per heavy atom. The third-order valence-corrected chi connectivity index (χ3v) is 6.24. The summed E-state index contributed by atoms with van der Waals surface area (Å²) in [5, 5.41) is 0. The van der Waals surface area contributed by atoms with Gasteiger partial charge in [0.05, 0.1) is 38.7 Å². The van der Waals surface area contributed by atoms with Crippen molar-refractivity contribution in [1.82, 2.24) is 14.7 Å². The molecule has 0 saturated carbocycles. The topological polar surface area (TPSA) is 75.5 Å². The van der Waals surface area contributed by atoms with Gasteiger partial charge in [0.15, 0.2) is 0 Å². The molecule has 0 bridgehead atoms. The van der Waals surface area contributed by atoms with E-state index in [1.165, 1.54) is 0 Å². The number of nitrogens with zero attached hydrogens (tertiary/aromatic N) is 3. The fraction of sp³-hybridized carbons (Fsp3) is 0.357. The highest BCUT2D eigenvalue weighted by Crippen LogP contribution is 2.20. The lowest BCUT2D eigenvalue weighted by Crippen LogP contribution is -2.47. The molecule has 1 fully saturated rings. The van der Waals surface area contributed by atoms with E-state index >= 15 is 0 Å². The van der Waals surface area contributed by atoms with Crippen molar-refractivity contribution in [3.05, 3.63) is 89.9 Å². The van der Waals surface area contributed by atoms with Crippen LogP contribution in [0.15, 0.2) is 77.4 Å². The van der Waals surface area contributed by atoms with Gasteiger partial charge in [0.2, 0.25) is 5.91 Å². The van der Waals surface area contributed by atoms with Crippen molar-refractivity contribution in [3.63, 3.8) is 0 Å². The van der Waals surface area contributed by atoms with Gasteiger partial charge in [-0.1, -0.05) is 42.5 Å². The Morgan fingerprint density at radius 2 is 1.67 bits per heavy atom. The number of methoxy groups -OCH3 is 1. The minimum Gasteiger partial charge on any atom is -0.496 e. The van der Waals surface area contributed by atoms with Gasteiger partial charge in [0.25, 0.3) is 5.91 Å². The summed E-state index contributed by atoms with van der Waals surface area (Å²) < 4.78 is 16.4. The molecule has 1 saturated heterocycles. The first kappa shape index (κ1) is 25.5. The van der Waals surface area contributed by atoms with Crippen LogP contribution >= 0.6 is 0 Å². The van der Waals surface area contributed by atoms with Gasteiger partial charge >= 0.3 is 0 Å². The molecular weight excluding hydrogens is 458 g/mol. The third-order valence-electron chi connectivity index (χ3n) is 6.24. The highest BCUT2D eigenvalue weighted by atomic mass is 16.5. The highest BCUT2D eigenvalue weighted by molar-refractivity contribution is 5.98. The lowest BCUT2D eigenvalue weighted by molar-refractivity contribution is -0.133. The fourth-order valence-corrected chi connectivity index (χ4v) is 4.22. The maximum atomic E-state index is 13.7. The van der Waals surface area contributed by atoms with Crippen molar-refractivity contribution < 1.29 is 23.5 Å². The Bertz CT molecular complexity index is 1100. The monoisotopic (exact) mass is 491 g/mol. The molecule has 2 aromatic carbocycles. The normalized spacial score (nSPS) is 13.8. The zero-order valence-corrected chi connectivity index (χ0v) is 20.7. The second kappa shape index (κ2) is 12.9. The van der Waals surface area contributed by atoms with Crippen LogP contribution in [0.4, 0.5) is 0 Å². The average Bonchev–Trinajstić information content (AvgIpc) is 3.44. The predicted octanol–water partition coefficient (Wildman–Crippen LogP) is 3.29. The SMILES string of the molecule is COc1ccccc1C(=O)N(CCN1CCOCC1)CC(=O)N(Cc1ccccc1)Cc1ccco1. The first-order valence-electron chi connectivity index (χ1n) is 12.2. The van der Waals surface area contributed by atoms with Gasteiger partial charge in [-0.25, -0.2) is 0 Å². The lowest BCUT2D eigenvalue weighted by atomic mass is 10.1. The van der Waals surface area contributed by atoms with E-state index < -0.39 is 0 Å². The second-order valence-corrected chi connectivity index (χ2v) is 8.70. The van der Waals surface area contributed by atoms with Crippen LogP contribution in [0.2, 0.25) is 0 Å². The number of ether oxygens (including phenoxy) is 2. The molecule has 2 heterocycles. The van der Waals surface area contributed by atoms with Crippen LogP contribution in [0, 0.1) is 0 Å². The molecule has 36 heavy (non-hydrogen) atoms. The fourth-order valence-electron chi connectivity index (χ4n) is 4.22. The van der Waals surface area contributed by atoms with Gasteiger partial charge in [0, 0.05) is 32.7 Å². The summed E-state index contributed by atoms with van der Waals surface area (Å²) >= 11 is 0. The van der Waals surface area contributed by atoms with Crippen LogP contribution < -0.4 is 4.74 Å². The minimum absolute atomic E-state index is 0.0469. The molecule has 0 spiro atoms. The van der Waals surface area contributed by atoms with E-state index in [0.717, 1.165) is 18.7 Å². The van der Waals surface area contributed by atoms with Crippen LogP contribution in [0.1, 0.15) is 21.7 Å². The summed E-state index contributed by atoms with van der Waals surface area (Å²) in [5.41, 5.74) is 1.45. The van der Waals surface area contributed by atoms with Crippen LogP contribution in [0.5, 0.6) is 5.75 Å². The van der Waals surface area contributed by atoms with Gasteiger partial charge in [-0.05, 0) is 29.8 Å². The van der Waals surface area contributed by atoms with Crippen molar-refractivity contribution in [3.8, 4) is 5.75 Å². The smallest absolute Gasteiger partial charge is 0.258 e. The average molecular weight is 492 g/mol. The molecule has 0 aliphatic carbocycles. The van der Waals surface area contributed by atoms with Crippen LogP contribution in [0.3, 0.4) is 0 Å². The number of morpholine rings is 1. The van der Waals surface area contributed by atoms with E-state index in [2.05, 4.69) is 4.90 Å². The predicted molar refractivity (Wildman–Crippen MR) is 136 cm³/mol. The van der Waals surface area contributed by atoms with Gasteiger partial charge in [-0.15, -0.1) is 0 Å². The second-order valence-electron chi connectivity index (χ2n) is 8.70. The molecule has 190 valence electrons. The van der Waals surface area contributed by atoms with E-state index in [4.69, 9.17) is 13.9 Å². The summed E-state index contributed by atoms with van der Waals surface area (Å²) in [6.07, 6.45) is 1.60. The molecule has 3 aromatic rings. The number of hydrogen-bond acceptors (Lipinski definition) is 6. The van der Waals surface area contributed by atoms with Crippen molar-refractivity contribution >= 4 is 11.8 Å². The Labute approximate surface area is 212 Å². The zero-order chi connectivity index (χ0) is 25.2. The third kappa shape index (κ3) is 6.96. The number of carbonyl (C=O) groups is 2. The first-order chi connectivity index (χ1) is 17.6. The van der Waals surface area contributed by atoms with Crippen LogP contribution in [0.25, 0.3) is 0 Å². The van der Waals surface area contributed by atoms with Gasteiger partial charge in [0.1, 0.15) is 18.1 Å². The lowest BCUT2D eigenvalue weighted by Gasteiger charge is -2.31.